The van der Waals surface area contributed by atoms with Crippen molar-refractivity contribution < 1.29 is 9.53 Å². The summed E-state index contributed by atoms with van der Waals surface area (Å²) in [5.74, 6) is 2.31. The molecule has 0 N–H and O–H groups in total. The van der Waals surface area contributed by atoms with Crippen molar-refractivity contribution in [2.24, 2.45) is 0 Å². The zero-order valence-electron chi connectivity index (χ0n) is 20.7. The van der Waals surface area contributed by atoms with Gasteiger partial charge >= 0.3 is 0 Å². The molecule has 0 spiro atoms. The molecule has 2 aromatic heterocycles. The highest BCUT2D eigenvalue weighted by Gasteiger charge is 2.25. The van der Waals surface area contributed by atoms with Crippen molar-refractivity contribution in [1.82, 2.24) is 24.6 Å². The topological polar surface area (TPSA) is 76.4 Å². The quantitative estimate of drug-likeness (QED) is 0.447. The van der Waals surface area contributed by atoms with Gasteiger partial charge in [0.25, 0.3) is 5.91 Å². The van der Waals surface area contributed by atoms with Crippen LogP contribution in [-0.2, 0) is 0 Å². The fourth-order valence-electron chi connectivity index (χ4n) is 4.74. The molecule has 5 rings (SSSR count). The van der Waals surface area contributed by atoms with Gasteiger partial charge in [-0.2, -0.15) is 5.10 Å². The van der Waals surface area contributed by atoms with Gasteiger partial charge in [-0.05, 0) is 57.0 Å². The Morgan fingerprint density at radius 2 is 1.77 bits per heavy atom. The normalized spacial score (nSPS) is 14.3. The van der Waals surface area contributed by atoms with Crippen LogP contribution in [0, 0.1) is 20.8 Å². The summed E-state index contributed by atoms with van der Waals surface area (Å²) in [7, 11) is 1.61. The van der Waals surface area contributed by atoms with Crippen molar-refractivity contribution in [2.45, 2.75) is 27.2 Å². The Balaban J connectivity index is 1.46. The van der Waals surface area contributed by atoms with Crippen molar-refractivity contribution in [2.75, 3.05) is 38.2 Å². The van der Waals surface area contributed by atoms with Crippen LogP contribution in [0.3, 0.4) is 0 Å². The highest BCUT2D eigenvalue weighted by atomic mass is 16.5. The molecule has 0 aliphatic carbocycles. The SMILES string of the molecule is COc1cccc(C(=O)N2CCCN(c3nc(C)nc4c3c(C)nn4-c3ccccc3C)CC2)c1. The number of aryl methyl sites for hydroxylation is 3. The number of carbonyl (C=O) groups excluding carboxylic acids is 1. The standard InChI is InChI=1S/C27H30N6O2/c1-18-9-5-6-12-23(18)33-26-24(19(2)30-33)25(28-20(3)29-26)31-13-8-14-32(16-15-31)27(34)21-10-7-11-22(17-21)35-4/h5-7,9-12,17H,8,13-16H2,1-4H3. The number of fused-ring (bicyclic) bond motifs is 1. The van der Waals surface area contributed by atoms with E-state index >= 15 is 0 Å². The van der Waals surface area contributed by atoms with Gasteiger partial charge in [0.15, 0.2) is 5.65 Å². The van der Waals surface area contributed by atoms with Crippen LogP contribution in [0.2, 0.25) is 0 Å². The number of rotatable bonds is 4. The zero-order chi connectivity index (χ0) is 24.5. The van der Waals surface area contributed by atoms with Crippen LogP contribution in [-0.4, -0.2) is 63.8 Å². The van der Waals surface area contributed by atoms with E-state index in [1.807, 2.05) is 53.8 Å². The lowest BCUT2D eigenvalue weighted by Gasteiger charge is -2.24. The summed E-state index contributed by atoms with van der Waals surface area (Å²) >= 11 is 0. The molecule has 1 aliphatic rings. The van der Waals surface area contributed by atoms with E-state index in [2.05, 4.69) is 24.0 Å². The second-order valence-electron chi connectivity index (χ2n) is 8.94. The molecule has 8 heteroatoms. The maximum atomic E-state index is 13.2. The number of hydrogen-bond donors (Lipinski definition) is 0. The first-order valence-corrected chi connectivity index (χ1v) is 11.9. The van der Waals surface area contributed by atoms with Crippen molar-refractivity contribution in [3.63, 3.8) is 0 Å². The average Bonchev–Trinajstić information content (AvgIpc) is 3.04. The Bertz CT molecular complexity index is 1400. The molecule has 3 heterocycles. The van der Waals surface area contributed by atoms with Gasteiger partial charge in [0, 0.05) is 31.7 Å². The lowest BCUT2D eigenvalue weighted by atomic mass is 10.2. The number of benzene rings is 2. The molecule has 2 aromatic carbocycles. The first-order valence-electron chi connectivity index (χ1n) is 11.9. The van der Waals surface area contributed by atoms with Crippen molar-refractivity contribution >= 4 is 22.8 Å². The van der Waals surface area contributed by atoms with Crippen LogP contribution in [0.15, 0.2) is 48.5 Å². The van der Waals surface area contributed by atoms with Gasteiger partial charge in [-0.25, -0.2) is 14.6 Å². The number of amides is 1. The Labute approximate surface area is 205 Å². The second kappa shape index (κ2) is 9.37. The van der Waals surface area contributed by atoms with Crippen LogP contribution >= 0.6 is 0 Å². The molecule has 1 fully saturated rings. The van der Waals surface area contributed by atoms with Crippen LogP contribution in [0.25, 0.3) is 16.7 Å². The number of aromatic nitrogens is 4. The van der Waals surface area contributed by atoms with Gasteiger partial charge in [0.2, 0.25) is 0 Å². The number of carbonyl (C=O) groups is 1. The average molecular weight is 471 g/mol. The van der Waals surface area contributed by atoms with Gasteiger partial charge in [0.05, 0.1) is 23.9 Å². The van der Waals surface area contributed by atoms with Gasteiger partial charge < -0.3 is 14.5 Å². The van der Waals surface area contributed by atoms with Crippen molar-refractivity contribution in [1.29, 1.82) is 0 Å². The monoisotopic (exact) mass is 470 g/mol. The molecule has 35 heavy (non-hydrogen) atoms. The van der Waals surface area contributed by atoms with E-state index in [1.54, 1.807) is 13.2 Å². The zero-order valence-corrected chi connectivity index (χ0v) is 20.7. The van der Waals surface area contributed by atoms with Crippen LogP contribution in [0.5, 0.6) is 5.75 Å². The highest BCUT2D eigenvalue weighted by Crippen LogP contribution is 2.30. The molecule has 0 unspecified atom stereocenters. The number of ether oxygens (including phenoxy) is 1. The summed E-state index contributed by atoms with van der Waals surface area (Å²) in [5.41, 5.74) is 4.50. The summed E-state index contributed by atoms with van der Waals surface area (Å²) < 4.78 is 7.22. The third-order valence-corrected chi connectivity index (χ3v) is 6.54. The summed E-state index contributed by atoms with van der Waals surface area (Å²) in [4.78, 5) is 27.0. The molecular weight excluding hydrogens is 440 g/mol. The summed E-state index contributed by atoms with van der Waals surface area (Å²) in [6.45, 7) is 8.82. The summed E-state index contributed by atoms with van der Waals surface area (Å²) in [6.07, 6.45) is 0.852. The molecule has 0 radical (unpaired) electrons. The third kappa shape index (κ3) is 4.32. The minimum Gasteiger partial charge on any atom is -0.497 e. The number of anilines is 1. The first kappa shape index (κ1) is 22.8. The van der Waals surface area contributed by atoms with Crippen LogP contribution in [0.4, 0.5) is 5.82 Å². The highest BCUT2D eigenvalue weighted by molar-refractivity contribution is 5.95. The fourth-order valence-corrected chi connectivity index (χ4v) is 4.74. The predicted octanol–water partition coefficient (Wildman–Crippen LogP) is 4.10. The summed E-state index contributed by atoms with van der Waals surface area (Å²) in [6, 6.07) is 15.5. The van der Waals surface area contributed by atoms with Crippen molar-refractivity contribution in [3.8, 4) is 11.4 Å². The van der Waals surface area contributed by atoms with Crippen LogP contribution < -0.4 is 9.64 Å². The Morgan fingerprint density at radius 1 is 0.943 bits per heavy atom. The molecule has 1 saturated heterocycles. The molecule has 180 valence electrons. The molecule has 4 aromatic rings. The maximum absolute atomic E-state index is 13.2. The van der Waals surface area contributed by atoms with E-state index in [1.165, 1.54) is 0 Å². The molecular formula is C27H30N6O2. The lowest BCUT2D eigenvalue weighted by molar-refractivity contribution is 0.0766. The molecule has 8 nitrogen and oxygen atoms in total. The first-order chi connectivity index (χ1) is 17.0. The van der Waals surface area contributed by atoms with Crippen LogP contribution in [0.1, 0.15) is 33.9 Å². The van der Waals surface area contributed by atoms with Gasteiger partial charge in [0.1, 0.15) is 17.4 Å². The summed E-state index contributed by atoms with van der Waals surface area (Å²) in [5, 5.41) is 5.82. The van der Waals surface area contributed by atoms with Gasteiger partial charge in [-0.1, -0.05) is 24.3 Å². The number of hydrogen-bond acceptors (Lipinski definition) is 6. The Kier molecular flexibility index (Phi) is 6.11. The second-order valence-corrected chi connectivity index (χ2v) is 8.94. The minimum absolute atomic E-state index is 0.0262. The Morgan fingerprint density at radius 3 is 2.57 bits per heavy atom. The Hall–Kier alpha value is -3.94. The number of para-hydroxylation sites is 1. The van der Waals surface area contributed by atoms with Crippen molar-refractivity contribution in [3.05, 3.63) is 71.2 Å². The smallest absolute Gasteiger partial charge is 0.254 e. The van der Waals surface area contributed by atoms with E-state index in [-0.39, 0.29) is 5.91 Å². The van der Waals surface area contributed by atoms with E-state index in [0.29, 0.717) is 36.8 Å². The molecule has 0 saturated carbocycles. The van der Waals surface area contributed by atoms with E-state index in [0.717, 1.165) is 46.8 Å². The van der Waals surface area contributed by atoms with E-state index in [9.17, 15) is 4.79 Å². The third-order valence-electron chi connectivity index (χ3n) is 6.54. The van der Waals surface area contributed by atoms with Gasteiger partial charge in [-0.15, -0.1) is 0 Å². The lowest BCUT2D eigenvalue weighted by Crippen LogP contribution is -2.35. The molecule has 0 bridgehead atoms. The largest absolute Gasteiger partial charge is 0.497 e. The van der Waals surface area contributed by atoms with E-state index < -0.39 is 0 Å². The maximum Gasteiger partial charge on any atom is 0.254 e. The number of nitrogens with zero attached hydrogens (tertiary/aromatic N) is 6. The predicted molar refractivity (Wildman–Crippen MR) is 137 cm³/mol. The fraction of sp³-hybridized carbons (Fsp3) is 0.333. The minimum atomic E-state index is 0.0262. The molecule has 1 amide bonds. The molecule has 1 aliphatic heterocycles. The van der Waals surface area contributed by atoms with Gasteiger partial charge in [-0.3, -0.25) is 4.79 Å². The van der Waals surface area contributed by atoms with E-state index in [4.69, 9.17) is 19.8 Å². The molecule has 0 atom stereocenters. The number of methoxy groups -OCH3 is 1.